The highest BCUT2D eigenvalue weighted by atomic mass is 79.9. The molecule has 0 spiro atoms. The van der Waals surface area contributed by atoms with Gasteiger partial charge in [-0.25, -0.2) is 9.78 Å². The number of alkyl halides is 3. The summed E-state index contributed by atoms with van der Waals surface area (Å²) >= 11 is 2.81. The van der Waals surface area contributed by atoms with E-state index in [9.17, 15) is 18.0 Å². The molecule has 0 aliphatic carbocycles. The molecule has 0 unspecified atom stereocenters. The molecule has 88 valence electrons. The average molecular weight is 298 g/mol. The van der Waals surface area contributed by atoms with Gasteiger partial charge in [0.25, 0.3) is 0 Å². The number of nitrogens with zero attached hydrogens (tertiary/aromatic N) is 1. The first-order chi connectivity index (χ1) is 7.34. The van der Waals surface area contributed by atoms with Crippen molar-refractivity contribution in [1.29, 1.82) is 0 Å². The van der Waals surface area contributed by atoms with Crippen molar-refractivity contribution < 1.29 is 22.7 Å². The number of halogens is 4. The molecule has 0 radical (unpaired) electrons. The Labute approximate surface area is 97.8 Å². The van der Waals surface area contributed by atoms with Crippen molar-refractivity contribution in [2.24, 2.45) is 0 Å². The normalized spacial score (nSPS) is 11.3. The minimum atomic E-state index is -4.52. The average Bonchev–Trinajstić information content (AvgIpc) is 2.16. The summed E-state index contributed by atoms with van der Waals surface area (Å²) in [6, 6.07) is 1.45. The number of aromatic nitrogens is 1. The van der Waals surface area contributed by atoms with Gasteiger partial charge in [-0.3, -0.25) is 0 Å². The van der Waals surface area contributed by atoms with Gasteiger partial charge in [-0.05, 0) is 35.0 Å². The molecule has 0 aliphatic heterocycles. The Kier molecular flexibility index (Phi) is 3.90. The van der Waals surface area contributed by atoms with E-state index in [2.05, 4.69) is 25.7 Å². The van der Waals surface area contributed by atoms with E-state index < -0.39 is 17.7 Å². The van der Waals surface area contributed by atoms with Crippen LogP contribution in [0.15, 0.2) is 16.7 Å². The lowest BCUT2D eigenvalue weighted by atomic mass is 10.2. The smallest absolute Gasteiger partial charge is 0.416 e. The van der Waals surface area contributed by atoms with Crippen molar-refractivity contribution in [3.05, 3.63) is 28.0 Å². The molecule has 0 aromatic carbocycles. The fraction of sp³-hybridized carbons (Fsp3) is 0.333. The van der Waals surface area contributed by atoms with Crippen molar-refractivity contribution in [3.63, 3.8) is 0 Å². The summed E-state index contributed by atoms with van der Waals surface area (Å²) in [6.07, 6.45) is -4.52. The predicted octanol–water partition coefficient (Wildman–Crippen LogP) is 3.04. The van der Waals surface area contributed by atoms with Crippen LogP contribution in [0.2, 0.25) is 0 Å². The molecule has 1 rings (SSSR count). The van der Waals surface area contributed by atoms with Crippen molar-refractivity contribution in [2.45, 2.75) is 13.1 Å². The van der Waals surface area contributed by atoms with Gasteiger partial charge in [0.1, 0.15) is 10.3 Å². The monoisotopic (exact) mass is 297 g/mol. The highest BCUT2D eigenvalue weighted by molar-refractivity contribution is 9.10. The SMILES string of the molecule is CCOC(=O)c1cc(C(F)(F)F)cc(Br)n1. The molecule has 0 bridgehead atoms. The van der Waals surface area contributed by atoms with Crippen LogP contribution in [0.25, 0.3) is 0 Å². The van der Waals surface area contributed by atoms with E-state index in [-0.39, 0.29) is 16.9 Å². The van der Waals surface area contributed by atoms with E-state index in [0.717, 1.165) is 6.07 Å². The number of carbonyl (C=O) groups excluding carboxylic acids is 1. The van der Waals surface area contributed by atoms with E-state index in [4.69, 9.17) is 0 Å². The van der Waals surface area contributed by atoms with Crippen LogP contribution >= 0.6 is 15.9 Å². The van der Waals surface area contributed by atoms with Gasteiger partial charge in [-0.2, -0.15) is 13.2 Å². The molecule has 1 aromatic heterocycles. The summed E-state index contributed by atoms with van der Waals surface area (Å²) in [4.78, 5) is 14.8. The first-order valence-corrected chi connectivity index (χ1v) is 5.05. The number of esters is 1. The van der Waals surface area contributed by atoms with Crippen LogP contribution in [-0.4, -0.2) is 17.6 Å². The van der Waals surface area contributed by atoms with Crippen LogP contribution in [0.5, 0.6) is 0 Å². The Morgan fingerprint density at radius 3 is 2.62 bits per heavy atom. The molecule has 0 amide bonds. The zero-order valence-electron chi connectivity index (χ0n) is 8.14. The van der Waals surface area contributed by atoms with Crippen LogP contribution in [0.1, 0.15) is 23.0 Å². The summed E-state index contributed by atoms with van der Waals surface area (Å²) in [7, 11) is 0. The van der Waals surface area contributed by atoms with Crippen LogP contribution in [0.3, 0.4) is 0 Å². The van der Waals surface area contributed by atoms with E-state index in [0.29, 0.717) is 6.07 Å². The largest absolute Gasteiger partial charge is 0.461 e. The Morgan fingerprint density at radius 1 is 1.50 bits per heavy atom. The molecule has 3 nitrogen and oxygen atoms in total. The topological polar surface area (TPSA) is 39.2 Å². The second kappa shape index (κ2) is 4.82. The summed E-state index contributed by atoms with van der Waals surface area (Å²) in [5.41, 5.74) is -1.32. The number of rotatable bonds is 2. The number of ether oxygens (including phenoxy) is 1. The van der Waals surface area contributed by atoms with Crippen molar-refractivity contribution in [1.82, 2.24) is 4.98 Å². The fourth-order valence-electron chi connectivity index (χ4n) is 0.970. The molecule has 0 fully saturated rings. The maximum atomic E-state index is 12.4. The minimum Gasteiger partial charge on any atom is -0.461 e. The predicted molar refractivity (Wildman–Crippen MR) is 52.9 cm³/mol. The first-order valence-electron chi connectivity index (χ1n) is 4.26. The zero-order chi connectivity index (χ0) is 12.3. The van der Waals surface area contributed by atoms with Crippen molar-refractivity contribution in [3.8, 4) is 0 Å². The lowest BCUT2D eigenvalue weighted by Crippen LogP contribution is -2.12. The Balaban J connectivity index is 3.13. The van der Waals surface area contributed by atoms with Crippen LogP contribution in [0.4, 0.5) is 13.2 Å². The third-order valence-electron chi connectivity index (χ3n) is 1.61. The maximum Gasteiger partial charge on any atom is 0.416 e. The molecular weight excluding hydrogens is 291 g/mol. The van der Waals surface area contributed by atoms with Gasteiger partial charge in [-0.15, -0.1) is 0 Å². The second-order valence-electron chi connectivity index (χ2n) is 2.78. The quantitative estimate of drug-likeness (QED) is 0.622. The van der Waals surface area contributed by atoms with E-state index >= 15 is 0 Å². The lowest BCUT2D eigenvalue weighted by molar-refractivity contribution is -0.137. The number of pyridine rings is 1. The first kappa shape index (κ1) is 13.0. The molecule has 0 saturated heterocycles. The molecule has 1 heterocycles. The van der Waals surface area contributed by atoms with Gasteiger partial charge in [0, 0.05) is 0 Å². The van der Waals surface area contributed by atoms with Gasteiger partial charge in [0.15, 0.2) is 0 Å². The molecule has 0 N–H and O–H groups in total. The van der Waals surface area contributed by atoms with Gasteiger partial charge < -0.3 is 4.74 Å². The Bertz CT molecular complexity index is 406. The highest BCUT2D eigenvalue weighted by Crippen LogP contribution is 2.31. The third-order valence-corrected chi connectivity index (χ3v) is 2.01. The van der Waals surface area contributed by atoms with Crippen LogP contribution in [-0.2, 0) is 10.9 Å². The molecule has 16 heavy (non-hydrogen) atoms. The zero-order valence-corrected chi connectivity index (χ0v) is 9.72. The van der Waals surface area contributed by atoms with Gasteiger partial charge in [-0.1, -0.05) is 0 Å². The summed E-state index contributed by atoms with van der Waals surface area (Å²) in [6.45, 7) is 1.63. The lowest BCUT2D eigenvalue weighted by Gasteiger charge is -2.08. The minimum absolute atomic E-state index is 0.0645. The number of hydrogen-bond donors (Lipinski definition) is 0. The second-order valence-corrected chi connectivity index (χ2v) is 3.59. The number of carbonyl (C=O) groups is 1. The molecule has 0 atom stereocenters. The van der Waals surface area contributed by atoms with Crippen LogP contribution in [0, 0.1) is 0 Å². The Morgan fingerprint density at radius 2 is 2.12 bits per heavy atom. The van der Waals surface area contributed by atoms with Gasteiger partial charge in [0.05, 0.1) is 12.2 Å². The maximum absolute atomic E-state index is 12.4. The summed E-state index contributed by atoms with van der Waals surface area (Å²) < 4.78 is 41.7. The molecule has 1 aromatic rings. The molecule has 7 heteroatoms. The van der Waals surface area contributed by atoms with Gasteiger partial charge in [0.2, 0.25) is 0 Å². The third kappa shape index (κ3) is 3.19. The Hall–Kier alpha value is -1.11. The van der Waals surface area contributed by atoms with E-state index in [1.165, 1.54) is 0 Å². The van der Waals surface area contributed by atoms with Crippen molar-refractivity contribution in [2.75, 3.05) is 6.61 Å². The standard InChI is InChI=1S/C9H7BrF3NO2/c1-2-16-8(15)6-3-5(9(11,12)13)4-7(10)14-6/h3-4H,2H2,1H3. The summed E-state index contributed by atoms with van der Waals surface area (Å²) in [5.74, 6) is -0.880. The van der Waals surface area contributed by atoms with E-state index in [1.54, 1.807) is 6.92 Å². The fourth-order valence-corrected chi connectivity index (χ4v) is 1.41. The van der Waals surface area contributed by atoms with Crippen molar-refractivity contribution >= 4 is 21.9 Å². The number of hydrogen-bond acceptors (Lipinski definition) is 3. The summed E-state index contributed by atoms with van der Waals surface area (Å²) in [5, 5.41) is 0. The molecule has 0 aliphatic rings. The molecular formula is C9H7BrF3NO2. The van der Waals surface area contributed by atoms with Gasteiger partial charge >= 0.3 is 12.1 Å². The molecule has 0 saturated carbocycles. The van der Waals surface area contributed by atoms with E-state index in [1.807, 2.05) is 0 Å². The highest BCUT2D eigenvalue weighted by Gasteiger charge is 2.32. The van der Waals surface area contributed by atoms with Crippen LogP contribution < -0.4 is 0 Å².